The van der Waals surface area contributed by atoms with Crippen molar-refractivity contribution in [3.63, 3.8) is 0 Å². The molecule has 2 rings (SSSR count). The second-order valence-electron chi connectivity index (χ2n) is 6.42. The number of amides is 1. The molecule has 0 aromatic heterocycles. The topological polar surface area (TPSA) is 113 Å². The van der Waals surface area contributed by atoms with Gasteiger partial charge in [-0.15, -0.1) is 0 Å². The summed E-state index contributed by atoms with van der Waals surface area (Å²) in [5.41, 5.74) is 0.851. The number of carbonyl (C=O) groups excluding carboxylic acids is 1. The minimum Gasteiger partial charge on any atom is -0.377 e. The highest BCUT2D eigenvalue weighted by molar-refractivity contribution is 7.89. The fourth-order valence-electron chi connectivity index (χ4n) is 2.83. The van der Waals surface area contributed by atoms with Gasteiger partial charge in [-0.3, -0.25) is 14.9 Å². The van der Waals surface area contributed by atoms with Crippen molar-refractivity contribution < 1.29 is 18.1 Å². The van der Waals surface area contributed by atoms with Crippen LogP contribution < -0.4 is 10.2 Å². The van der Waals surface area contributed by atoms with E-state index in [0.717, 1.165) is 0 Å². The Bertz CT molecular complexity index is 1000. The lowest BCUT2D eigenvalue weighted by molar-refractivity contribution is -0.384. The smallest absolute Gasteiger partial charge is 0.270 e. The maximum Gasteiger partial charge on any atom is 0.270 e. The lowest BCUT2D eigenvalue weighted by atomic mass is 10.1. The average molecular weight is 420 g/mol. The Morgan fingerprint density at radius 2 is 1.66 bits per heavy atom. The van der Waals surface area contributed by atoms with Crippen molar-refractivity contribution in [3.8, 4) is 0 Å². The van der Waals surface area contributed by atoms with Gasteiger partial charge in [0.1, 0.15) is 0 Å². The molecule has 2 aromatic rings. The zero-order valence-corrected chi connectivity index (χ0v) is 17.6. The molecule has 0 saturated carbocycles. The normalized spacial score (nSPS) is 11.3. The van der Waals surface area contributed by atoms with Crippen LogP contribution in [0.1, 0.15) is 24.2 Å². The number of carbonyl (C=O) groups is 1. The Hall–Kier alpha value is -2.98. The van der Waals surface area contributed by atoms with Crippen LogP contribution in [0.15, 0.2) is 47.4 Å². The summed E-state index contributed by atoms with van der Waals surface area (Å²) in [6.07, 6.45) is 0. The first-order valence-electron chi connectivity index (χ1n) is 8.99. The first-order valence-corrected chi connectivity index (χ1v) is 10.4. The summed E-state index contributed by atoms with van der Waals surface area (Å²) in [7, 11) is -0.139. The summed E-state index contributed by atoms with van der Waals surface area (Å²) in [5.74, 6) is -0.531. The van der Waals surface area contributed by atoms with Crippen LogP contribution in [0.4, 0.5) is 17.1 Å². The molecule has 0 bridgehead atoms. The molecule has 0 aliphatic heterocycles. The predicted molar refractivity (Wildman–Crippen MR) is 112 cm³/mol. The van der Waals surface area contributed by atoms with Crippen molar-refractivity contribution in [2.75, 3.05) is 37.4 Å². The highest BCUT2D eigenvalue weighted by atomic mass is 32.2. The predicted octanol–water partition coefficient (Wildman–Crippen LogP) is 2.94. The van der Waals surface area contributed by atoms with Crippen LogP contribution in [0.2, 0.25) is 0 Å². The molecule has 0 radical (unpaired) electrons. The van der Waals surface area contributed by atoms with Crippen LogP contribution in [0.5, 0.6) is 0 Å². The number of nitro groups is 1. The molecule has 0 unspecified atom stereocenters. The summed E-state index contributed by atoms with van der Waals surface area (Å²) >= 11 is 0. The van der Waals surface area contributed by atoms with Crippen molar-refractivity contribution in [1.82, 2.24) is 4.31 Å². The number of anilines is 2. The zero-order chi connectivity index (χ0) is 21.8. The van der Waals surface area contributed by atoms with E-state index in [4.69, 9.17) is 0 Å². The lowest BCUT2D eigenvalue weighted by Gasteiger charge is -2.19. The lowest BCUT2D eigenvalue weighted by Crippen LogP contribution is -2.30. The minimum atomic E-state index is -3.59. The van der Waals surface area contributed by atoms with Crippen molar-refractivity contribution >= 4 is 33.0 Å². The van der Waals surface area contributed by atoms with Gasteiger partial charge < -0.3 is 10.2 Å². The number of nitro benzene ring substituents is 1. The molecule has 2 aromatic carbocycles. The number of sulfonamides is 1. The number of benzene rings is 2. The van der Waals surface area contributed by atoms with E-state index in [0.29, 0.717) is 24.5 Å². The first kappa shape index (κ1) is 22.3. The third kappa shape index (κ3) is 4.90. The van der Waals surface area contributed by atoms with Gasteiger partial charge in [0, 0.05) is 50.7 Å². The molecule has 9 nitrogen and oxygen atoms in total. The van der Waals surface area contributed by atoms with Gasteiger partial charge in [-0.25, -0.2) is 8.42 Å². The van der Waals surface area contributed by atoms with Crippen LogP contribution in [0.3, 0.4) is 0 Å². The van der Waals surface area contributed by atoms with Gasteiger partial charge in [-0.2, -0.15) is 4.31 Å². The van der Waals surface area contributed by atoms with Gasteiger partial charge in [-0.05, 0) is 30.3 Å². The molecule has 0 aliphatic rings. The molecule has 1 N–H and O–H groups in total. The summed E-state index contributed by atoms with van der Waals surface area (Å²) in [5, 5.41) is 13.7. The highest BCUT2D eigenvalue weighted by Gasteiger charge is 2.22. The van der Waals surface area contributed by atoms with Gasteiger partial charge in [0.2, 0.25) is 10.0 Å². The molecular weight excluding hydrogens is 396 g/mol. The van der Waals surface area contributed by atoms with E-state index in [1.807, 2.05) is 0 Å². The molecule has 10 heteroatoms. The van der Waals surface area contributed by atoms with Gasteiger partial charge in [0.15, 0.2) is 0 Å². The largest absolute Gasteiger partial charge is 0.377 e. The van der Waals surface area contributed by atoms with Crippen LogP contribution >= 0.6 is 0 Å². The quantitative estimate of drug-likeness (QED) is 0.519. The van der Waals surface area contributed by atoms with E-state index in [9.17, 15) is 23.3 Å². The van der Waals surface area contributed by atoms with Crippen molar-refractivity contribution in [2.24, 2.45) is 0 Å². The van der Waals surface area contributed by atoms with E-state index in [1.54, 1.807) is 32.8 Å². The molecule has 0 saturated heterocycles. The Morgan fingerprint density at radius 1 is 1.07 bits per heavy atom. The van der Waals surface area contributed by atoms with Gasteiger partial charge in [-0.1, -0.05) is 13.8 Å². The summed E-state index contributed by atoms with van der Waals surface area (Å²) in [6.45, 7) is 4.24. The molecule has 156 valence electrons. The third-order valence-electron chi connectivity index (χ3n) is 4.37. The van der Waals surface area contributed by atoms with E-state index >= 15 is 0 Å². The summed E-state index contributed by atoms with van der Waals surface area (Å²) < 4.78 is 26.4. The van der Waals surface area contributed by atoms with Crippen LogP contribution in [0, 0.1) is 10.1 Å². The SMILES string of the molecule is CCN(CC)S(=O)(=O)c1ccc(NC(=O)c2cc([N+](=O)[O-])ccc2N(C)C)cc1. The summed E-state index contributed by atoms with van der Waals surface area (Å²) in [4.78, 5) is 25.0. The van der Waals surface area contributed by atoms with Gasteiger partial charge in [0.25, 0.3) is 11.6 Å². The second kappa shape index (κ2) is 9.01. The van der Waals surface area contributed by atoms with Crippen LogP contribution in [-0.2, 0) is 10.0 Å². The molecule has 0 heterocycles. The summed E-state index contributed by atoms with van der Waals surface area (Å²) in [6, 6.07) is 9.87. The molecule has 29 heavy (non-hydrogen) atoms. The van der Waals surface area contributed by atoms with E-state index in [-0.39, 0.29) is 16.1 Å². The Kier molecular flexibility index (Phi) is 6.93. The maximum atomic E-state index is 12.7. The van der Waals surface area contributed by atoms with Crippen LogP contribution in [-0.4, -0.2) is 50.7 Å². The maximum absolute atomic E-state index is 12.7. The monoisotopic (exact) mass is 420 g/mol. The van der Waals surface area contributed by atoms with Crippen LogP contribution in [0.25, 0.3) is 0 Å². The number of nitrogens with one attached hydrogen (secondary N) is 1. The van der Waals surface area contributed by atoms with E-state index < -0.39 is 20.9 Å². The Labute approximate surface area is 170 Å². The molecule has 0 atom stereocenters. The van der Waals surface area contributed by atoms with E-state index in [2.05, 4.69) is 5.32 Å². The molecular formula is C19H24N4O5S. The Balaban J connectivity index is 2.30. The fraction of sp³-hybridized carbons (Fsp3) is 0.316. The number of non-ortho nitro benzene ring substituents is 1. The third-order valence-corrected chi connectivity index (χ3v) is 6.44. The second-order valence-corrected chi connectivity index (χ2v) is 8.36. The number of nitrogens with zero attached hydrogens (tertiary/aromatic N) is 3. The fourth-order valence-corrected chi connectivity index (χ4v) is 4.29. The van der Waals surface area contributed by atoms with E-state index in [1.165, 1.54) is 46.8 Å². The Morgan fingerprint density at radius 3 is 2.14 bits per heavy atom. The minimum absolute atomic E-state index is 0.128. The zero-order valence-electron chi connectivity index (χ0n) is 16.7. The average Bonchev–Trinajstić information content (AvgIpc) is 2.68. The number of rotatable bonds is 8. The standard InChI is InChI=1S/C19H24N4O5S/c1-5-22(6-2)29(27,28)16-10-7-14(8-11-16)20-19(24)17-13-15(23(25)26)9-12-18(17)21(3)4/h7-13H,5-6H2,1-4H3,(H,20,24). The highest BCUT2D eigenvalue weighted by Crippen LogP contribution is 2.26. The number of hydrogen-bond acceptors (Lipinski definition) is 6. The molecule has 1 amide bonds. The van der Waals surface area contributed by atoms with Gasteiger partial charge in [0.05, 0.1) is 15.4 Å². The van der Waals surface area contributed by atoms with Crippen molar-refractivity contribution in [2.45, 2.75) is 18.7 Å². The van der Waals surface area contributed by atoms with Crippen molar-refractivity contribution in [1.29, 1.82) is 0 Å². The van der Waals surface area contributed by atoms with Crippen molar-refractivity contribution in [3.05, 3.63) is 58.1 Å². The number of hydrogen-bond donors (Lipinski definition) is 1. The molecule has 0 fully saturated rings. The van der Waals surface area contributed by atoms with Gasteiger partial charge >= 0.3 is 0 Å². The first-order chi connectivity index (χ1) is 13.6. The molecule has 0 spiro atoms. The molecule has 0 aliphatic carbocycles.